The first-order valence-electron chi connectivity index (χ1n) is 12.1. The second kappa shape index (κ2) is 11.9. The lowest BCUT2D eigenvalue weighted by molar-refractivity contribution is 0.0728. The van der Waals surface area contributed by atoms with Gasteiger partial charge in [-0.25, -0.2) is 19.2 Å². The van der Waals surface area contributed by atoms with Crippen LogP contribution in [0.3, 0.4) is 0 Å². The maximum atomic E-state index is 13.3. The SMILES string of the molecule is CCOc1cc(/C=N/NC(=O)c2c(-c3ccccc3)nnn2-c2nonc2N)ccc1OC(=O)c1ccc(F)cc1. The molecule has 0 spiro atoms. The molecule has 41 heavy (non-hydrogen) atoms. The summed E-state index contributed by atoms with van der Waals surface area (Å²) in [7, 11) is 0. The smallest absolute Gasteiger partial charge is 0.343 e. The number of hydrogen-bond donors (Lipinski definition) is 2. The number of rotatable bonds is 9. The number of hydrogen-bond acceptors (Lipinski definition) is 11. The largest absolute Gasteiger partial charge is 0.490 e. The second-order valence-corrected chi connectivity index (χ2v) is 8.27. The molecule has 0 aliphatic heterocycles. The van der Waals surface area contributed by atoms with Gasteiger partial charge in [0.25, 0.3) is 5.91 Å². The van der Waals surface area contributed by atoms with E-state index in [0.717, 1.165) is 16.8 Å². The van der Waals surface area contributed by atoms with Crippen LogP contribution in [-0.2, 0) is 0 Å². The normalized spacial score (nSPS) is 11.0. The Morgan fingerprint density at radius 2 is 1.85 bits per heavy atom. The summed E-state index contributed by atoms with van der Waals surface area (Å²) in [5, 5.41) is 19.4. The Bertz CT molecular complexity index is 1720. The lowest BCUT2D eigenvalue weighted by Crippen LogP contribution is -2.22. The van der Waals surface area contributed by atoms with Gasteiger partial charge < -0.3 is 15.2 Å². The van der Waals surface area contributed by atoms with Gasteiger partial charge in [0.2, 0.25) is 11.6 Å². The zero-order valence-corrected chi connectivity index (χ0v) is 21.4. The van der Waals surface area contributed by atoms with Crippen molar-refractivity contribution in [2.24, 2.45) is 5.10 Å². The summed E-state index contributed by atoms with van der Waals surface area (Å²) >= 11 is 0. The Morgan fingerprint density at radius 1 is 1.07 bits per heavy atom. The number of carbonyl (C=O) groups is 2. The van der Waals surface area contributed by atoms with E-state index in [1.807, 2.05) is 6.07 Å². The minimum atomic E-state index is -0.679. The number of anilines is 1. The topological polar surface area (TPSA) is 173 Å². The van der Waals surface area contributed by atoms with E-state index in [1.54, 1.807) is 43.3 Å². The number of nitrogen functional groups attached to an aromatic ring is 1. The number of carbonyl (C=O) groups excluding carboxylic acids is 2. The number of aromatic nitrogens is 5. The molecule has 5 rings (SSSR count). The molecule has 0 fully saturated rings. The summed E-state index contributed by atoms with van der Waals surface area (Å²) in [6.07, 6.45) is 1.37. The summed E-state index contributed by atoms with van der Waals surface area (Å²) in [4.78, 5) is 25.7. The number of ether oxygens (including phenoxy) is 2. The minimum Gasteiger partial charge on any atom is -0.490 e. The van der Waals surface area contributed by atoms with Crippen molar-refractivity contribution in [2.45, 2.75) is 6.92 Å². The maximum absolute atomic E-state index is 13.3. The highest BCUT2D eigenvalue weighted by Gasteiger charge is 2.26. The average molecular weight is 557 g/mol. The zero-order chi connectivity index (χ0) is 28.8. The van der Waals surface area contributed by atoms with E-state index < -0.39 is 17.7 Å². The Balaban J connectivity index is 1.36. The number of hydrazone groups is 1. The first-order valence-corrected chi connectivity index (χ1v) is 12.1. The molecule has 0 saturated carbocycles. The quantitative estimate of drug-likeness (QED) is 0.119. The molecule has 14 heteroatoms. The molecule has 0 bridgehead atoms. The molecule has 1 amide bonds. The Labute approximate surface area is 231 Å². The van der Waals surface area contributed by atoms with Crippen LogP contribution in [0, 0.1) is 5.82 Å². The van der Waals surface area contributed by atoms with Crippen LogP contribution in [0.4, 0.5) is 10.2 Å². The molecule has 0 unspecified atom stereocenters. The van der Waals surface area contributed by atoms with Crippen molar-refractivity contribution in [2.75, 3.05) is 12.3 Å². The molecule has 2 heterocycles. The van der Waals surface area contributed by atoms with Crippen molar-refractivity contribution < 1.29 is 28.1 Å². The van der Waals surface area contributed by atoms with Gasteiger partial charge in [0.05, 0.1) is 18.4 Å². The van der Waals surface area contributed by atoms with Gasteiger partial charge in [-0.05, 0) is 65.3 Å². The van der Waals surface area contributed by atoms with Gasteiger partial charge in [-0.1, -0.05) is 35.5 Å². The van der Waals surface area contributed by atoms with Gasteiger partial charge in [-0.15, -0.1) is 5.10 Å². The first-order chi connectivity index (χ1) is 19.9. The van der Waals surface area contributed by atoms with Gasteiger partial charge in [0, 0.05) is 5.56 Å². The van der Waals surface area contributed by atoms with Crippen molar-refractivity contribution >= 4 is 23.9 Å². The molecule has 0 atom stereocenters. The van der Waals surface area contributed by atoms with Crippen molar-refractivity contribution in [3.05, 3.63) is 95.4 Å². The fourth-order valence-corrected chi connectivity index (χ4v) is 3.68. The highest BCUT2D eigenvalue weighted by molar-refractivity contribution is 5.99. The van der Waals surface area contributed by atoms with Gasteiger partial charge in [0.1, 0.15) is 11.5 Å². The van der Waals surface area contributed by atoms with E-state index in [9.17, 15) is 14.0 Å². The van der Waals surface area contributed by atoms with Crippen molar-refractivity contribution in [3.63, 3.8) is 0 Å². The number of benzene rings is 3. The fourth-order valence-electron chi connectivity index (χ4n) is 3.68. The minimum absolute atomic E-state index is 0.00573. The van der Waals surface area contributed by atoms with Gasteiger partial charge in [0.15, 0.2) is 17.2 Å². The summed E-state index contributed by atoms with van der Waals surface area (Å²) in [5.74, 6) is -1.49. The third-order valence-corrected chi connectivity index (χ3v) is 5.56. The number of nitrogens with zero attached hydrogens (tertiary/aromatic N) is 6. The number of nitrogens with one attached hydrogen (secondary N) is 1. The Kier molecular flexibility index (Phi) is 7.72. The summed E-state index contributed by atoms with van der Waals surface area (Å²) in [6, 6.07) is 18.6. The van der Waals surface area contributed by atoms with Crippen LogP contribution < -0.4 is 20.6 Å². The number of esters is 1. The molecule has 13 nitrogen and oxygen atoms in total. The molecule has 3 N–H and O–H groups in total. The van der Waals surface area contributed by atoms with Crippen LogP contribution in [0.15, 0.2) is 82.5 Å². The van der Waals surface area contributed by atoms with Crippen LogP contribution in [0.25, 0.3) is 17.1 Å². The third-order valence-electron chi connectivity index (χ3n) is 5.56. The van der Waals surface area contributed by atoms with Gasteiger partial charge >= 0.3 is 5.97 Å². The molecule has 0 aliphatic rings. The number of halogens is 1. The molecular weight excluding hydrogens is 535 g/mol. The van der Waals surface area contributed by atoms with Crippen molar-refractivity contribution in [3.8, 4) is 28.6 Å². The molecule has 0 radical (unpaired) electrons. The van der Waals surface area contributed by atoms with Crippen LogP contribution >= 0.6 is 0 Å². The second-order valence-electron chi connectivity index (χ2n) is 8.27. The van der Waals surface area contributed by atoms with E-state index >= 15 is 0 Å². The van der Waals surface area contributed by atoms with E-state index in [0.29, 0.717) is 11.1 Å². The van der Waals surface area contributed by atoms with E-state index in [2.05, 4.69) is 35.8 Å². The molecule has 206 valence electrons. The van der Waals surface area contributed by atoms with Gasteiger partial charge in [-0.2, -0.15) is 9.78 Å². The zero-order valence-electron chi connectivity index (χ0n) is 21.4. The molecule has 5 aromatic rings. The number of amides is 1. The molecule has 2 aromatic heterocycles. The van der Waals surface area contributed by atoms with Crippen LogP contribution in [0.5, 0.6) is 11.5 Å². The summed E-state index contributed by atoms with van der Waals surface area (Å²) < 4.78 is 30.0. The van der Waals surface area contributed by atoms with Crippen molar-refractivity contribution in [1.29, 1.82) is 0 Å². The van der Waals surface area contributed by atoms with Crippen LogP contribution in [0.2, 0.25) is 0 Å². The fraction of sp³-hybridized carbons (Fsp3) is 0.0741. The third kappa shape index (κ3) is 5.90. The van der Waals surface area contributed by atoms with E-state index in [1.165, 1.54) is 24.4 Å². The monoisotopic (exact) mass is 556 g/mol. The standard InChI is InChI=1S/C27H21FN8O5/c1-2-39-21-14-16(8-13-20(21)40-27(38)18-9-11-19(28)12-10-18)15-30-32-26(37)23-22(17-6-4-3-5-7-17)31-35-36(23)25-24(29)33-41-34-25/h3-15H,2H2,1H3,(H2,29,33)(H,32,37)/b30-15+. The van der Waals surface area contributed by atoms with E-state index in [-0.39, 0.29) is 46.7 Å². The van der Waals surface area contributed by atoms with Gasteiger partial charge in [-0.3, -0.25) is 4.79 Å². The highest BCUT2D eigenvalue weighted by Crippen LogP contribution is 2.29. The van der Waals surface area contributed by atoms with E-state index in [4.69, 9.17) is 15.2 Å². The lowest BCUT2D eigenvalue weighted by atomic mass is 10.1. The number of nitrogens with two attached hydrogens (primary N) is 1. The Hall–Kier alpha value is -5.92. The molecule has 3 aromatic carbocycles. The summed E-state index contributed by atoms with van der Waals surface area (Å²) in [5.41, 5.74) is 9.82. The lowest BCUT2D eigenvalue weighted by Gasteiger charge is -2.11. The Morgan fingerprint density at radius 3 is 2.56 bits per heavy atom. The van der Waals surface area contributed by atoms with Crippen LogP contribution in [-0.4, -0.2) is 50.0 Å². The first kappa shape index (κ1) is 26.7. The molecule has 0 aliphatic carbocycles. The van der Waals surface area contributed by atoms with Crippen LogP contribution in [0.1, 0.15) is 33.3 Å². The van der Waals surface area contributed by atoms with Crippen molar-refractivity contribution in [1.82, 2.24) is 30.7 Å². The molecular formula is C27H21FN8O5. The predicted octanol–water partition coefficient (Wildman–Crippen LogP) is 3.42. The summed E-state index contributed by atoms with van der Waals surface area (Å²) in [6.45, 7) is 2.06. The predicted molar refractivity (Wildman–Crippen MR) is 143 cm³/mol. The maximum Gasteiger partial charge on any atom is 0.343 e. The molecule has 0 saturated heterocycles. The average Bonchev–Trinajstić information content (AvgIpc) is 3.61. The highest BCUT2D eigenvalue weighted by atomic mass is 19.1.